The largest absolute Gasteiger partial charge is 0.534 e. The molecule has 0 bridgehead atoms. The zero-order valence-corrected chi connectivity index (χ0v) is 14.2. The van der Waals surface area contributed by atoms with Crippen molar-refractivity contribution in [3.8, 4) is 5.75 Å². The highest BCUT2D eigenvalue weighted by molar-refractivity contribution is 7.88. The van der Waals surface area contributed by atoms with Gasteiger partial charge in [-0.1, -0.05) is 31.1 Å². The van der Waals surface area contributed by atoms with Crippen molar-refractivity contribution in [3.05, 3.63) is 35.4 Å². The topological polar surface area (TPSA) is 43.4 Å². The summed E-state index contributed by atoms with van der Waals surface area (Å²) in [7, 11) is -5.67. The van der Waals surface area contributed by atoms with Crippen LogP contribution in [0.15, 0.2) is 18.7 Å². The van der Waals surface area contributed by atoms with E-state index in [9.17, 15) is 21.6 Å². The van der Waals surface area contributed by atoms with E-state index in [1.807, 2.05) is 6.92 Å². The quantitative estimate of drug-likeness (QED) is 0.579. The van der Waals surface area contributed by atoms with E-state index in [2.05, 4.69) is 10.8 Å². The average molecular weight is 360 g/mol. The van der Waals surface area contributed by atoms with Crippen LogP contribution in [0, 0.1) is 0 Å². The Morgan fingerprint density at radius 3 is 2.38 bits per heavy atom. The molecule has 0 saturated heterocycles. The second-order valence-corrected chi connectivity index (χ2v) is 8.25. The van der Waals surface area contributed by atoms with Gasteiger partial charge in [0.1, 0.15) is 5.75 Å². The highest BCUT2D eigenvalue weighted by atomic mass is 32.2. The minimum atomic E-state index is -5.67. The first kappa shape index (κ1) is 17.3. The lowest BCUT2D eigenvalue weighted by Crippen LogP contribution is -2.29. The van der Waals surface area contributed by atoms with E-state index in [1.54, 1.807) is 6.07 Å². The number of allylic oxidation sites excluding steroid dienone is 1. The summed E-state index contributed by atoms with van der Waals surface area (Å²) in [6.07, 6.45) is 5.20. The summed E-state index contributed by atoms with van der Waals surface area (Å²) in [5.74, 6) is -0.174. The van der Waals surface area contributed by atoms with Gasteiger partial charge < -0.3 is 4.18 Å². The van der Waals surface area contributed by atoms with Gasteiger partial charge in [0.2, 0.25) is 0 Å². The van der Waals surface area contributed by atoms with Crippen LogP contribution < -0.4 is 4.18 Å². The molecular formula is C17H19F3O3S. The standard InChI is InChI=1S/C17H19F3O3S/c1-11(2)12-5-6-14(23-24(21,22)17(18,19)20)15-13(12)7-10-16(15)8-3-4-9-16/h5-6H,1,3-4,7-10H2,2H3. The molecule has 0 aliphatic heterocycles. The minimum Gasteiger partial charge on any atom is -0.376 e. The second-order valence-electron chi connectivity index (χ2n) is 6.72. The number of hydrogen-bond acceptors (Lipinski definition) is 3. The molecule has 0 N–H and O–H groups in total. The third kappa shape index (κ3) is 2.62. The van der Waals surface area contributed by atoms with Crippen molar-refractivity contribution in [1.29, 1.82) is 0 Å². The Kier molecular flexibility index (Phi) is 3.98. The van der Waals surface area contributed by atoms with Crippen LogP contribution in [-0.4, -0.2) is 13.9 Å². The number of alkyl halides is 3. The lowest BCUT2D eigenvalue weighted by Gasteiger charge is -2.27. The molecule has 24 heavy (non-hydrogen) atoms. The lowest BCUT2D eigenvalue weighted by atomic mass is 9.79. The van der Waals surface area contributed by atoms with E-state index in [0.29, 0.717) is 12.0 Å². The van der Waals surface area contributed by atoms with Gasteiger partial charge in [-0.15, -0.1) is 0 Å². The Balaban J connectivity index is 2.16. The van der Waals surface area contributed by atoms with Gasteiger partial charge in [0.15, 0.2) is 0 Å². The molecule has 3 nitrogen and oxygen atoms in total. The maximum Gasteiger partial charge on any atom is 0.534 e. The number of hydrogen-bond donors (Lipinski definition) is 0. The first-order valence-corrected chi connectivity index (χ1v) is 9.31. The zero-order valence-electron chi connectivity index (χ0n) is 13.4. The van der Waals surface area contributed by atoms with Crippen molar-refractivity contribution in [3.63, 3.8) is 0 Å². The van der Waals surface area contributed by atoms with E-state index in [4.69, 9.17) is 0 Å². The molecule has 0 amide bonds. The van der Waals surface area contributed by atoms with E-state index >= 15 is 0 Å². The summed E-state index contributed by atoms with van der Waals surface area (Å²) >= 11 is 0. The predicted octanol–water partition coefficient (Wildman–Crippen LogP) is 4.71. The highest BCUT2D eigenvalue weighted by Crippen LogP contribution is 2.55. The molecule has 1 fully saturated rings. The fourth-order valence-electron chi connectivity index (χ4n) is 4.14. The molecule has 3 rings (SSSR count). The second kappa shape index (κ2) is 5.51. The van der Waals surface area contributed by atoms with Gasteiger partial charge in [-0.05, 0) is 55.2 Å². The van der Waals surface area contributed by atoms with E-state index in [1.165, 1.54) is 6.07 Å². The molecule has 1 aromatic carbocycles. The molecule has 0 unspecified atom stereocenters. The third-order valence-corrected chi connectivity index (χ3v) is 6.13. The molecule has 7 heteroatoms. The van der Waals surface area contributed by atoms with Gasteiger partial charge >= 0.3 is 15.6 Å². The maximum absolute atomic E-state index is 12.7. The summed E-state index contributed by atoms with van der Waals surface area (Å²) in [5.41, 5.74) is -2.48. The van der Waals surface area contributed by atoms with E-state index in [-0.39, 0.29) is 11.2 Å². The Bertz CT molecular complexity index is 788. The Morgan fingerprint density at radius 1 is 1.21 bits per heavy atom. The van der Waals surface area contributed by atoms with Crippen LogP contribution in [-0.2, 0) is 22.0 Å². The average Bonchev–Trinajstić information content (AvgIpc) is 3.07. The van der Waals surface area contributed by atoms with Crippen molar-refractivity contribution >= 4 is 15.7 Å². The minimum absolute atomic E-state index is 0.174. The zero-order chi connectivity index (χ0) is 17.8. The summed E-state index contributed by atoms with van der Waals surface area (Å²) in [5, 5.41) is 0. The van der Waals surface area contributed by atoms with Crippen LogP contribution in [0.25, 0.3) is 5.57 Å². The molecule has 1 spiro atoms. The van der Waals surface area contributed by atoms with Gasteiger partial charge in [-0.3, -0.25) is 0 Å². The van der Waals surface area contributed by atoms with Crippen molar-refractivity contribution in [2.45, 2.75) is 56.4 Å². The van der Waals surface area contributed by atoms with Crippen LogP contribution in [0.3, 0.4) is 0 Å². The van der Waals surface area contributed by atoms with Crippen LogP contribution >= 0.6 is 0 Å². The van der Waals surface area contributed by atoms with Gasteiger partial charge in [0.25, 0.3) is 0 Å². The van der Waals surface area contributed by atoms with Crippen LogP contribution in [0.1, 0.15) is 55.7 Å². The number of benzene rings is 1. The van der Waals surface area contributed by atoms with Crippen molar-refractivity contribution < 1.29 is 25.8 Å². The number of rotatable bonds is 3. The normalized spacial score (nSPS) is 19.5. The predicted molar refractivity (Wildman–Crippen MR) is 85.2 cm³/mol. The monoisotopic (exact) mass is 360 g/mol. The molecule has 132 valence electrons. The summed E-state index contributed by atoms with van der Waals surface area (Å²) in [6.45, 7) is 5.76. The van der Waals surface area contributed by atoms with Gasteiger partial charge in [0.05, 0.1) is 0 Å². The van der Waals surface area contributed by atoms with Crippen LogP contribution in [0.4, 0.5) is 13.2 Å². The first-order valence-electron chi connectivity index (χ1n) is 7.90. The molecule has 0 heterocycles. The van der Waals surface area contributed by atoms with Gasteiger partial charge in [-0.2, -0.15) is 21.6 Å². The molecule has 2 aliphatic carbocycles. The molecule has 0 aromatic heterocycles. The molecule has 1 aromatic rings. The fraction of sp³-hybridized carbons (Fsp3) is 0.529. The first-order chi connectivity index (χ1) is 11.1. The highest BCUT2D eigenvalue weighted by Gasteiger charge is 2.50. The van der Waals surface area contributed by atoms with Crippen molar-refractivity contribution in [2.24, 2.45) is 0 Å². The van der Waals surface area contributed by atoms with Gasteiger partial charge in [0, 0.05) is 5.56 Å². The van der Waals surface area contributed by atoms with E-state index < -0.39 is 15.6 Å². The van der Waals surface area contributed by atoms with Crippen LogP contribution in [0.2, 0.25) is 0 Å². The number of fused-ring (bicyclic) bond motifs is 2. The Labute approximate surface area is 139 Å². The molecular weight excluding hydrogens is 341 g/mol. The van der Waals surface area contributed by atoms with Gasteiger partial charge in [-0.25, -0.2) is 0 Å². The third-order valence-electron chi connectivity index (χ3n) is 5.16. The van der Waals surface area contributed by atoms with E-state index in [0.717, 1.165) is 48.8 Å². The van der Waals surface area contributed by atoms with Crippen molar-refractivity contribution in [2.75, 3.05) is 0 Å². The number of halogens is 3. The Hall–Kier alpha value is -1.50. The summed E-state index contributed by atoms with van der Waals surface area (Å²) in [6, 6.07) is 2.95. The summed E-state index contributed by atoms with van der Waals surface area (Å²) in [4.78, 5) is 0. The molecule has 2 aliphatic rings. The summed E-state index contributed by atoms with van der Waals surface area (Å²) < 4.78 is 65.7. The van der Waals surface area contributed by atoms with Crippen LogP contribution in [0.5, 0.6) is 5.75 Å². The van der Waals surface area contributed by atoms with Crippen molar-refractivity contribution in [1.82, 2.24) is 0 Å². The molecule has 1 saturated carbocycles. The smallest absolute Gasteiger partial charge is 0.376 e. The maximum atomic E-state index is 12.7. The molecule has 0 radical (unpaired) electrons. The molecule has 0 atom stereocenters. The SMILES string of the molecule is C=C(C)c1ccc(OS(=O)(=O)C(F)(F)F)c2c1CCC21CCCC1. The fourth-order valence-corrected chi connectivity index (χ4v) is 4.61. The Morgan fingerprint density at radius 2 is 1.83 bits per heavy atom. The lowest BCUT2D eigenvalue weighted by molar-refractivity contribution is -0.0500.